The number of hydrogen-bond donors (Lipinski definition) is 1. The van der Waals surface area contributed by atoms with Crippen LogP contribution in [0.3, 0.4) is 0 Å². The molecule has 1 heterocycles. The molecular weight excluding hydrogens is 346 g/mol. The Morgan fingerprint density at radius 1 is 1.26 bits per heavy atom. The molecule has 0 spiro atoms. The number of rotatable bonds is 5. The summed E-state index contributed by atoms with van der Waals surface area (Å²) in [6.07, 6.45) is 2.24. The molecule has 120 valence electrons. The van der Waals surface area contributed by atoms with Crippen LogP contribution < -0.4 is 5.73 Å². The van der Waals surface area contributed by atoms with Crippen LogP contribution in [0, 0.1) is 0 Å². The van der Waals surface area contributed by atoms with E-state index in [9.17, 15) is 4.79 Å². The average Bonchev–Trinajstić information content (AvgIpc) is 2.68. The van der Waals surface area contributed by atoms with Crippen LogP contribution in [0.25, 0.3) is 0 Å². The predicted molar refractivity (Wildman–Crippen MR) is 99.3 cm³/mol. The minimum atomic E-state index is -0.223. The van der Waals surface area contributed by atoms with Gasteiger partial charge in [0.15, 0.2) is 0 Å². The van der Waals surface area contributed by atoms with Gasteiger partial charge in [0.25, 0.3) is 0 Å². The number of fused-ring (bicyclic) bond motifs is 2. The Morgan fingerprint density at radius 3 is 2.91 bits per heavy atom. The highest BCUT2D eigenvalue weighted by atomic mass is 35.5. The van der Waals surface area contributed by atoms with Crippen LogP contribution >= 0.6 is 35.1 Å². The first-order chi connectivity index (χ1) is 11.1. The summed E-state index contributed by atoms with van der Waals surface area (Å²) in [5.41, 5.74) is 7.89. The third-order valence-electron chi connectivity index (χ3n) is 3.80. The number of thioether (sulfide) groups is 1. The predicted octanol–water partition coefficient (Wildman–Crippen LogP) is 5.09. The molecule has 1 aliphatic rings. The van der Waals surface area contributed by atoms with E-state index in [1.807, 2.05) is 29.6 Å². The van der Waals surface area contributed by atoms with Gasteiger partial charge in [0.05, 0.1) is 0 Å². The maximum atomic E-state index is 10.9. The summed E-state index contributed by atoms with van der Waals surface area (Å²) < 4.78 is 0. The summed E-state index contributed by atoms with van der Waals surface area (Å²) in [7, 11) is 0. The summed E-state index contributed by atoms with van der Waals surface area (Å²) in [6, 6.07) is 14.7. The lowest BCUT2D eigenvalue weighted by molar-refractivity contribution is -0.118. The zero-order valence-electron chi connectivity index (χ0n) is 12.6. The van der Waals surface area contributed by atoms with Gasteiger partial charge < -0.3 is 5.73 Å². The van der Waals surface area contributed by atoms with E-state index in [4.69, 9.17) is 17.3 Å². The fourth-order valence-corrected chi connectivity index (χ4v) is 5.36. The average molecular weight is 364 g/mol. The topological polar surface area (TPSA) is 43.1 Å². The number of halogens is 1. The maximum Gasteiger partial charge on any atom is 0.217 e. The van der Waals surface area contributed by atoms with Gasteiger partial charge in [0, 0.05) is 26.5 Å². The minimum absolute atomic E-state index is 0.223. The molecule has 5 heteroatoms. The standard InChI is InChI=1S/C18H18ClNOS2/c19-13-7-8-15-12(10-13)11-17(22-9-3-6-18(20)21)14-4-1-2-5-16(14)23-15/h1-2,4-5,7-8,10,17H,3,6,9,11H2,(H2,20,21)/t17-/m1/s1. The van der Waals surface area contributed by atoms with Crippen LogP contribution in [0.4, 0.5) is 0 Å². The van der Waals surface area contributed by atoms with Crippen molar-refractivity contribution in [2.45, 2.75) is 34.3 Å². The molecule has 3 rings (SSSR count). The summed E-state index contributed by atoms with van der Waals surface area (Å²) in [6.45, 7) is 0. The lowest BCUT2D eigenvalue weighted by Gasteiger charge is -2.17. The maximum absolute atomic E-state index is 10.9. The molecule has 0 saturated heterocycles. The Morgan fingerprint density at radius 2 is 2.09 bits per heavy atom. The van der Waals surface area contributed by atoms with Crippen molar-refractivity contribution < 1.29 is 4.79 Å². The second-order valence-corrected chi connectivity index (χ2v) is 8.36. The minimum Gasteiger partial charge on any atom is -0.370 e. The van der Waals surface area contributed by atoms with Gasteiger partial charge in [0.1, 0.15) is 0 Å². The van der Waals surface area contributed by atoms with Crippen molar-refractivity contribution in [3.8, 4) is 0 Å². The molecule has 0 unspecified atom stereocenters. The quantitative estimate of drug-likeness (QED) is 0.752. The Hall–Kier alpha value is -1.10. The number of primary amides is 1. The first kappa shape index (κ1) is 16.7. The largest absolute Gasteiger partial charge is 0.370 e. The molecule has 2 aromatic carbocycles. The van der Waals surface area contributed by atoms with Crippen LogP contribution in [-0.2, 0) is 11.2 Å². The SMILES string of the molecule is NC(=O)CCCS[C@@H]1Cc2cc(Cl)ccc2Sc2ccccc21. The van der Waals surface area contributed by atoms with E-state index in [1.54, 1.807) is 0 Å². The van der Waals surface area contributed by atoms with Crippen molar-refractivity contribution in [2.75, 3.05) is 5.75 Å². The lowest BCUT2D eigenvalue weighted by atomic mass is 10.0. The second kappa shape index (κ2) is 7.65. The first-order valence-electron chi connectivity index (χ1n) is 7.58. The number of nitrogens with two attached hydrogens (primary N) is 1. The highest BCUT2D eigenvalue weighted by Gasteiger charge is 2.22. The number of hydrogen-bond acceptors (Lipinski definition) is 3. The zero-order chi connectivity index (χ0) is 16.2. The number of carbonyl (C=O) groups is 1. The Kier molecular flexibility index (Phi) is 5.57. The molecule has 0 saturated carbocycles. The van der Waals surface area contributed by atoms with Crippen molar-refractivity contribution >= 4 is 41.0 Å². The van der Waals surface area contributed by atoms with Crippen LogP contribution in [-0.4, -0.2) is 11.7 Å². The fraction of sp³-hybridized carbons (Fsp3) is 0.278. The van der Waals surface area contributed by atoms with Gasteiger partial charge in [-0.05, 0) is 54.0 Å². The molecule has 23 heavy (non-hydrogen) atoms. The van der Waals surface area contributed by atoms with Crippen LogP contribution in [0.5, 0.6) is 0 Å². The molecular formula is C18H18ClNOS2. The third-order valence-corrected chi connectivity index (χ3v) is 6.59. The van der Waals surface area contributed by atoms with Crippen molar-refractivity contribution in [2.24, 2.45) is 5.73 Å². The van der Waals surface area contributed by atoms with Gasteiger partial charge in [-0.2, -0.15) is 11.8 Å². The molecule has 1 atom stereocenters. The van der Waals surface area contributed by atoms with Crippen molar-refractivity contribution in [3.05, 3.63) is 58.6 Å². The summed E-state index contributed by atoms with van der Waals surface area (Å²) in [5, 5.41) is 1.17. The smallest absolute Gasteiger partial charge is 0.217 e. The molecule has 0 fully saturated rings. The number of benzene rings is 2. The molecule has 0 bridgehead atoms. The monoisotopic (exact) mass is 363 g/mol. The van der Waals surface area contributed by atoms with Gasteiger partial charge in [-0.3, -0.25) is 4.79 Å². The first-order valence-corrected chi connectivity index (χ1v) is 9.83. The lowest BCUT2D eigenvalue weighted by Crippen LogP contribution is -2.10. The van der Waals surface area contributed by atoms with Crippen LogP contribution in [0.15, 0.2) is 52.3 Å². The Labute approximate surface area is 150 Å². The van der Waals surface area contributed by atoms with Gasteiger partial charge in [-0.15, -0.1) is 0 Å². The molecule has 1 amide bonds. The summed E-state index contributed by atoms with van der Waals surface area (Å²) >= 11 is 9.90. The van der Waals surface area contributed by atoms with Crippen molar-refractivity contribution in [3.63, 3.8) is 0 Å². The third kappa shape index (κ3) is 4.25. The molecule has 2 N–H and O–H groups in total. The summed E-state index contributed by atoms with van der Waals surface area (Å²) in [5.74, 6) is 0.710. The normalized spacial score (nSPS) is 16.3. The van der Waals surface area contributed by atoms with E-state index in [0.29, 0.717) is 11.7 Å². The van der Waals surface area contributed by atoms with Crippen LogP contribution in [0.2, 0.25) is 5.02 Å². The van der Waals surface area contributed by atoms with E-state index in [1.165, 1.54) is 20.9 Å². The molecule has 2 aromatic rings. The van der Waals surface area contributed by atoms with Gasteiger partial charge in [-0.1, -0.05) is 41.6 Å². The van der Waals surface area contributed by atoms with Crippen molar-refractivity contribution in [1.29, 1.82) is 0 Å². The highest BCUT2D eigenvalue weighted by molar-refractivity contribution is 8.00. The molecule has 1 aliphatic heterocycles. The van der Waals surface area contributed by atoms with E-state index >= 15 is 0 Å². The van der Waals surface area contributed by atoms with E-state index < -0.39 is 0 Å². The Bertz CT molecular complexity index is 720. The van der Waals surface area contributed by atoms with E-state index in [0.717, 1.165) is 23.6 Å². The molecule has 0 aliphatic carbocycles. The zero-order valence-corrected chi connectivity index (χ0v) is 15.0. The Balaban J connectivity index is 1.83. The van der Waals surface area contributed by atoms with Gasteiger partial charge >= 0.3 is 0 Å². The second-order valence-electron chi connectivity index (χ2n) is 5.53. The number of amides is 1. The fourth-order valence-electron chi connectivity index (χ4n) is 2.70. The van der Waals surface area contributed by atoms with Gasteiger partial charge in [0.2, 0.25) is 5.91 Å². The molecule has 2 nitrogen and oxygen atoms in total. The summed E-state index contributed by atoms with van der Waals surface area (Å²) in [4.78, 5) is 13.5. The number of carbonyl (C=O) groups excluding carboxylic acids is 1. The van der Waals surface area contributed by atoms with E-state index in [-0.39, 0.29) is 5.91 Å². The highest BCUT2D eigenvalue weighted by Crippen LogP contribution is 2.46. The van der Waals surface area contributed by atoms with Gasteiger partial charge in [-0.25, -0.2) is 0 Å². The van der Waals surface area contributed by atoms with E-state index in [2.05, 4.69) is 36.4 Å². The van der Waals surface area contributed by atoms with Crippen molar-refractivity contribution in [1.82, 2.24) is 0 Å². The molecule has 0 radical (unpaired) electrons. The molecule has 0 aromatic heterocycles. The van der Waals surface area contributed by atoms with Crippen LogP contribution in [0.1, 0.15) is 29.2 Å².